The fourth-order valence-corrected chi connectivity index (χ4v) is 7.63. The first-order chi connectivity index (χ1) is 21.3. The number of alkyl halides is 5. The van der Waals surface area contributed by atoms with E-state index in [4.69, 9.17) is 26.3 Å². The highest BCUT2D eigenvalue weighted by molar-refractivity contribution is 6.31. The molecule has 7 rings (SSSR count). The summed E-state index contributed by atoms with van der Waals surface area (Å²) in [5.41, 5.74) is 0.881. The topological polar surface area (TPSA) is 76.6 Å². The Morgan fingerprint density at radius 2 is 1.89 bits per heavy atom. The van der Waals surface area contributed by atoms with E-state index in [2.05, 4.69) is 24.6 Å². The van der Waals surface area contributed by atoms with E-state index in [9.17, 15) is 22.0 Å². The fourth-order valence-electron chi connectivity index (χ4n) is 7.41. The number of fused-ring (bicyclic) bond motifs is 3. The van der Waals surface area contributed by atoms with E-state index >= 15 is 0 Å². The summed E-state index contributed by atoms with van der Waals surface area (Å²) in [5, 5.41) is 7.93. The molecule has 2 unspecified atom stereocenters. The van der Waals surface area contributed by atoms with Gasteiger partial charge < -0.3 is 14.2 Å². The normalized spacial score (nSPS) is 25.4. The lowest BCUT2D eigenvalue weighted by molar-refractivity contribution is -0.140. The third kappa shape index (κ3) is 5.42. The highest BCUT2D eigenvalue weighted by Crippen LogP contribution is 2.52. The number of rotatable bonds is 6. The summed E-state index contributed by atoms with van der Waals surface area (Å²) in [6.45, 7) is 8.15. The number of anilines is 1. The maximum Gasteiger partial charge on any atom is 0.417 e. The van der Waals surface area contributed by atoms with Crippen molar-refractivity contribution in [1.29, 1.82) is 0 Å². The number of imidazole rings is 1. The second kappa shape index (κ2) is 11.0. The van der Waals surface area contributed by atoms with Gasteiger partial charge in [0, 0.05) is 50.7 Å². The molecule has 0 amide bonds. The maximum absolute atomic E-state index is 14.2. The van der Waals surface area contributed by atoms with Crippen LogP contribution in [0.5, 0.6) is 0 Å². The Hall–Kier alpha value is -3.10. The molecule has 3 aromatic heterocycles. The summed E-state index contributed by atoms with van der Waals surface area (Å²) in [7, 11) is 0. The minimum Gasteiger partial charge on any atom is -0.376 e. The summed E-state index contributed by atoms with van der Waals surface area (Å²) in [4.78, 5) is 14.0. The molecule has 0 bridgehead atoms. The molecule has 2 saturated heterocycles. The van der Waals surface area contributed by atoms with Gasteiger partial charge >= 0.3 is 6.18 Å². The van der Waals surface area contributed by atoms with E-state index < -0.39 is 34.6 Å². The van der Waals surface area contributed by atoms with Crippen LogP contribution in [0, 0.1) is 12.8 Å². The zero-order valence-corrected chi connectivity index (χ0v) is 25.9. The third-order valence-corrected chi connectivity index (χ3v) is 9.92. The molecule has 4 aromatic rings. The van der Waals surface area contributed by atoms with Crippen LogP contribution in [0.3, 0.4) is 0 Å². The minimum atomic E-state index is -4.67. The Balaban J connectivity index is 1.24. The molecular weight excluding hydrogens is 619 g/mol. The van der Waals surface area contributed by atoms with Crippen LogP contribution in [-0.4, -0.2) is 77.8 Å². The van der Waals surface area contributed by atoms with Crippen molar-refractivity contribution in [2.45, 2.75) is 89.3 Å². The average Bonchev–Trinajstić information content (AvgIpc) is 3.70. The van der Waals surface area contributed by atoms with E-state index in [1.807, 2.05) is 25.2 Å². The standard InChI is InChI=1S/C30H34ClF5N8O/c1-16-13-42(26-24-27(44-15-37-40-28(44)39-26)43(18(3)38-24)14-21-5-4-8-45-21)17(2)12-41(16)25(20-10-29(32,33)11-20)19-6-7-23(31)22(9-19)30(34,35)36/h6-7,9,15-17,20-21,25H,4-5,8,10-14H2,1-3H3/t16-,17+,21?,25?/m1/s1. The van der Waals surface area contributed by atoms with Crippen molar-refractivity contribution < 1.29 is 26.7 Å². The summed E-state index contributed by atoms with van der Waals surface area (Å²) >= 11 is 5.93. The predicted molar refractivity (Wildman–Crippen MR) is 158 cm³/mol. The largest absolute Gasteiger partial charge is 0.417 e. The Kier molecular flexibility index (Phi) is 7.47. The molecule has 2 aliphatic heterocycles. The van der Waals surface area contributed by atoms with Gasteiger partial charge in [-0.05, 0) is 57.2 Å². The number of halogens is 6. The van der Waals surface area contributed by atoms with Crippen LogP contribution >= 0.6 is 11.6 Å². The van der Waals surface area contributed by atoms with Crippen molar-refractivity contribution in [1.82, 2.24) is 34.0 Å². The van der Waals surface area contributed by atoms with E-state index in [-0.39, 0.29) is 31.0 Å². The lowest BCUT2D eigenvalue weighted by Crippen LogP contribution is -2.59. The van der Waals surface area contributed by atoms with Crippen molar-refractivity contribution in [2.75, 3.05) is 24.6 Å². The van der Waals surface area contributed by atoms with Gasteiger partial charge in [-0.25, -0.2) is 18.2 Å². The van der Waals surface area contributed by atoms with Gasteiger partial charge in [0.05, 0.1) is 23.2 Å². The van der Waals surface area contributed by atoms with E-state index in [1.54, 1.807) is 6.33 Å². The first-order valence-electron chi connectivity index (χ1n) is 15.3. The molecule has 242 valence electrons. The molecule has 4 atom stereocenters. The van der Waals surface area contributed by atoms with E-state index in [0.717, 1.165) is 37.0 Å². The molecule has 9 nitrogen and oxygen atoms in total. The molecule has 0 N–H and O–H groups in total. The zero-order chi connectivity index (χ0) is 31.8. The van der Waals surface area contributed by atoms with Crippen LogP contribution in [0.15, 0.2) is 24.5 Å². The highest BCUT2D eigenvalue weighted by atomic mass is 35.5. The second-order valence-corrected chi connectivity index (χ2v) is 13.2. The quantitative estimate of drug-likeness (QED) is 0.226. The summed E-state index contributed by atoms with van der Waals surface area (Å²) in [6.07, 6.45) is -1.75. The van der Waals surface area contributed by atoms with Crippen LogP contribution in [0.4, 0.5) is 27.8 Å². The van der Waals surface area contributed by atoms with Gasteiger partial charge in [-0.2, -0.15) is 18.2 Å². The number of nitrogens with zero attached hydrogens (tertiary/aromatic N) is 8. The lowest BCUT2D eigenvalue weighted by atomic mass is 9.73. The number of piperazine rings is 1. The Morgan fingerprint density at radius 1 is 1.11 bits per heavy atom. The first kappa shape index (κ1) is 30.5. The van der Waals surface area contributed by atoms with Crippen molar-refractivity contribution in [3.05, 3.63) is 46.5 Å². The number of aromatic nitrogens is 6. The summed E-state index contributed by atoms with van der Waals surface area (Å²) < 4.78 is 79.7. The Bertz CT molecular complexity index is 1730. The maximum atomic E-state index is 14.2. The van der Waals surface area contributed by atoms with Crippen molar-refractivity contribution in [3.8, 4) is 0 Å². The van der Waals surface area contributed by atoms with E-state index in [0.29, 0.717) is 42.3 Å². The minimum absolute atomic E-state index is 0.0771. The van der Waals surface area contributed by atoms with Gasteiger partial charge in [0.1, 0.15) is 17.7 Å². The Labute approximate surface area is 261 Å². The highest BCUT2D eigenvalue weighted by Gasteiger charge is 2.52. The molecule has 3 aliphatic rings. The monoisotopic (exact) mass is 652 g/mol. The third-order valence-electron chi connectivity index (χ3n) is 9.59. The van der Waals surface area contributed by atoms with Crippen molar-refractivity contribution in [2.24, 2.45) is 5.92 Å². The number of aryl methyl sites for hydroxylation is 1. The van der Waals surface area contributed by atoms with Gasteiger partial charge in [-0.15, -0.1) is 10.2 Å². The van der Waals surface area contributed by atoms with Crippen LogP contribution in [0.2, 0.25) is 5.02 Å². The molecular formula is C30H34ClF5N8O. The lowest BCUT2D eigenvalue weighted by Gasteiger charge is -2.52. The van der Waals surface area contributed by atoms with Gasteiger partial charge in [0.2, 0.25) is 5.92 Å². The summed E-state index contributed by atoms with van der Waals surface area (Å²) in [6, 6.07) is 2.76. The molecule has 5 heterocycles. The van der Waals surface area contributed by atoms with Crippen molar-refractivity contribution in [3.63, 3.8) is 0 Å². The SMILES string of the molecule is Cc1nc2c(N3C[C@@H](C)N(C(c4ccc(Cl)c(C(F)(F)F)c4)C4CC(F)(F)C4)C[C@@H]3C)nc3nncn3c2n1CC1CCCO1. The summed E-state index contributed by atoms with van der Waals surface area (Å²) in [5.74, 6) is -1.47. The van der Waals surface area contributed by atoms with Gasteiger partial charge in [-0.3, -0.25) is 4.90 Å². The fraction of sp³-hybridized carbons (Fsp3) is 0.600. The molecule has 3 fully saturated rings. The van der Waals surface area contributed by atoms with Gasteiger partial charge in [0.25, 0.3) is 5.78 Å². The molecule has 0 radical (unpaired) electrons. The average molecular weight is 653 g/mol. The van der Waals surface area contributed by atoms with Crippen LogP contribution in [-0.2, 0) is 17.5 Å². The van der Waals surface area contributed by atoms with Crippen LogP contribution in [0.1, 0.15) is 62.5 Å². The van der Waals surface area contributed by atoms with Crippen LogP contribution in [0.25, 0.3) is 16.9 Å². The number of ether oxygens (including phenoxy) is 1. The van der Waals surface area contributed by atoms with Crippen LogP contribution < -0.4 is 4.90 Å². The molecule has 1 aliphatic carbocycles. The molecule has 0 spiro atoms. The molecule has 1 saturated carbocycles. The number of benzene rings is 1. The van der Waals surface area contributed by atoms with Crippen molar-refractivity contribution >= 4 is 34.4 Å². The van der Waals surface area contributed by atoms with Gasteiger partial charge in [0.15, 0.2) is 11.5 Å². The zero-order valence-electron chi connectivity index (χ0n) is 25.1. The predicted octanol–water partition coefficient (Wildman–Crippen LogP) is 6.32. The first-order valence-corrected chi connectivity index (χ1v) is 15.6. The smallest absolute Gasteiger partial charge is 0.376 e. The van der Waals surface area contributed by atoms with Gasteiger partial charge in [-0.1, -0.05) is 17.7 Å². The second-order valence-electron chi connectivity index (χ2n) is 12.8. The number of hydrogen-bond acceptors (Lipinski definition) is 7. The number of hydrogen-bond donors (Lipinski definition) is 0. The van der Waals surface area contributed by atoms with E-state index in [1.165, 1.54) is 12.1 Å². The molecule has 15 heteroatoms. The Morgan fingerprint density at radius 3 is 2.58 bits per heavy atom. The molecule has 45 heavy (non-hydrogen) atoms. The molecule has 1 aromatic carbocycles.